The van der Waals surface area contributed by atoms with Crippen molar-refractivity contribution < 1.29 is 0 Å². The lowest BCUT2D eigenvalue weighted by atomic mass is 10.5. The summed E-state index contributed by atoms with van der Waals surface area (Å²) in [6.45, 7) is 5.85. The van der Waals surface area contributed by atoms with Gasteiger partial charge in [0.15, 0.2) is 0 Å². The van der Waals surface area contributed by atoms with Crippen molar-refractivity contribution in [2.45, 2.75) is 13.8 Å². The Balaban J connectivity index is 3.11. The number of allylic oxidation sites excluding steroid dienone is 1. The SMILES string of the molecule is CC#C/C=C/CNCC. The summed E-state index contributed by atoms with van der Waals surface area (Å²) in [6, 6.07) is 0. The maximum absolute atomic E-state index is 3.15. The van der Waals surface area contributed by atoms with Gasteiger partial charge >= 0.3 is 0 Å². The van der Waals surface area contributed by atoms with Gasteiger partial charge in [-0.25, -0.2) is 0 Å². The third-order valence-corrected chi connectivity index (χ3v) is 0.858. The molecule has 0 aliphatic carbocycles. The molecule has 9 heavy (non-hydrogen) atoms. The highest BCUT2D eigenvalue weighted by Crippen LogP contribution is 1.66. The van der Waals surface area contributed by atoms with Crippen LogP contribution in [-0.4, -0.2) is 13.1 Å². The van der Waals surface area contributed by atoms with E-state index in [4.69, 9.17) is 0 Å². The Labute approximate surface area is 57.2 Å². The largest absolute Gasteiger partial charge is 0.314 e. The lowest BCUT2D eigenvalue weighted by molar-refractivity contribution is 0.799. The highest BCUT2D eigenvalue weighted by Gasteiger charge is 1.70. The first kappa shape index (κ1) is 8.26. The first-order chi connectivity index (χ1) is 4.41. The summed E-state index contributed by atoms with van der Waals surface area (Å²) in [5.41, 5.74) is 0. The molecule has 1 heteroatoms. The van der Waals surface area contributed by atoms with E-state index in [0.29, 0.717) is 0 Å². The van der Waals surface area contributed by atoms with E-state index in [1.807, 2.05) is 19.1 Å². The van der Waals surface area contributed by atoms with E-state index in [1.54, 1.807) is 0 Å². The fourth-order valence-electron chi connectivity index (χ4n) is 0.429. The molecule has 1 N–H and O–H groups in total. The fraction of sp³-hybridized carbons (Fsp3) is 0.500. The van der Waals surface area contributed by atoms with E-state index < -0.39 is 0 Å². The van der Waals surface area contributed by atoms with E-state index in [-0.39, 0.29) is 0 Å². The fourth-order valence-corrected chi connectivity index (χ4v) is 0.429. The van der Waals surface area contributed by atoms with Crippen molar-refractivity contribution in [2.75, 3.05) is 13.1 Å². The molecule has 0 rings (SSSR count). The zero-order valence-corrected chi connectivity index (χ0v) is 6.07. The van der Waals surface area contributed by atoms with Gasteiger partial charge in [-0.15, -0.1) is 5.92 Å². The van der Waals surface area contributed by atoms with Gasteiger partial charge in [0.05, 0.1) is 0 Å². The zero-order valence-electron chi connectivity index (χ0n) is 6.07. The topological polar surface area (TPSA) is 12.0 Å². The second-order valence-electron chi connectivity index (χ2n) is 1.60. The van der Waals surface area contributed by atoms with Gasteiger partial charge in [-0.05, 0) is 19.5 Å². The van der Waals surface area contributed by atoms with Crippen molar-refractivity contribution in [3.05, 3.63) is 12.2 Å². The number of rotatable bonds is 3. The predicted molar refractivity (Wildman–Crippen MR) is 41.1 cm³/mol. The molecule has 50 valence electrons. The Morgan fingerprint density at radius 3 is 2.89 bits per heavy atom. The molecule has 0 radical (unpaired) electrons. The smallest absolute Gasteiger partial charge is 0.0144 e. The second kappa shape index (κ2) is 7.26. The van der Waals surface area contributed by atoms with Crippen molar-refractivity contribution in [3.8, 4) is 11.8 Å². The average Bonchev–Trinajstić information content (AvgIpc) is 1.89. The minimum Gasteiger partial charge on any atom is -0.314 e. The molecule has 0 aliphatic rings. The molecule has 1 nitrogen and oxygen atoms in total. The molecular formula is C8H13N. The minimum absolute atomic E-state index is 0.922. The van der Waals surface area contributed by atoms with Crippen molar-refractivity contribution in [1.82, 2.24) is 5.32 Å². The first-order valence-corrected chi connectivity index (χ1v) is 3.19. The number of hydrogen-bond acceptors (Lipinski definition) is 1. The van der Waals surface area contributed by atoms with Gasteiger partial charge in [0.2, 0.25) is 0 Å². The van der Waals surface area contributed by atoms with Crippen molar-refractivity contribution in [3.63, 3.8) is 0 Å². The molecule has 0 heterocycles. The number of nitrogens with one attached hydrogen (secondary N) is 1. The summed E-state index contributed by atoms with van der Waals surface area (Å²) < 4.78 is 0. The van der Waals surface area contributed by atoms with Crippen LogP contribution in [0.5, 0.6) is 0 Å². The highest BCUT2D eigenvalue weighted by molar-refractivity contribution is 5.13. The van der Waals surface area contributed by atoms with Gasteiger partial charge in [0.1, 0.15) is 0 Å². The summed E-state index contributed by atoms with van der Waals surface area (Å²) in [5, 5.41) is 3.15. The summed E-state index contributed by atoms with van der Waals surface area (Å²) in [6.07, 6.45) is 3.88. The van der Waals surface area contributed by atoms with Crippen LogP contribution < -0.4 is 5.32 Å². The highest BCUT2D eigenvalue weighted by atomic mass is 14.8. The summed E-state index contributed by atoms with van der Waals surface area (Å²) in [5.74, 6) is 5.62. The van der Waals surface area contributed by atoms with Crippen LogP contribution in [0.25, 0.3) is 0 Å². The summed E-state index contributed by atoms with van der Waals surface area (Å²) >= 11 is 0. The Hall–Kier alpha value is -0.740. The third kappa shape index (κ3) is 7.26. The standard InChI is InChI=1S/C8H13N/c1-3-5-6-7-8-9-4-2/h6-7,9H,4,8H2,1-2H3/b7-6+. The van der Waals surface area contributed by atoms with Crippen LogP contribution in [0.3, 0.4) is 0 Å². The Morgan fingerprint density at radius 1 is 1.56 bits per heavy atom. The van der Waals surface area contributed by atoms with Gasteiger partial charge < -0.3 is 5.32 Å². The van der Waals surface area contributed by atoms with Crippen LogP contribution in [-0.2, 0) is 0 Å². The lowest BCUT2D eigenvalue weighted by Crippen LogP contribution is -2.11. The van der Waals surface area contributed by atoms with Gasteiger partial charge in [0, 0.05) is 6.54 Å². The van der Waals surface area contributed by atoms with Gasteiger partial charge in [0.25, 0.3) is 0 Å². The molecular weight excluding hydrogens is 110 g/mol. The third-order valence-electron chi connectivity index (χ3n) is 0.858. The van der Waals surface area contributed by atoms with Crippen LogP contribution in [0.4, 0.5) is 0 Å². The van der Waals surface area contributed by atoms with Crippen LogP contribution in [0.2, 0.25) is 0 Å². The van der Waals surface area contributed by atoms with E-state index in [0.717, 1.165) is 13.1 Å². The summed E-state index contributed by atoms with van der Waals surface area (Å²) in [4.78, 5) is 0. The quantitative estimate of drug-likeness (QED) is 0.439. The summed E-state index contributed by atoms with van der Waals surface area (Å²) in [7, 11) is 0. The van der Waals surface area contributed by atoms with Crippen molar-refractivity contribution in [2.24, 2.45) is 0 Å². The molecule has 0 fully saturated rings. The molecule has 0 spiro atoms. The Morgan fingerprint density at radius 2 is 2.33 bits per heavy atom. The van der Waals surface area contributed by atoms with E-state index in [1.165, 1.54) is 0 Å². The van der Waals surface area contributed by atoms with E-state index in [9.17, 15) is 0 Å². The predicted octanol–water partition coefficient (Wildman–Crippen LogP) is 1.18. The zero-order chi connectivity index (χ0) is 6.95. The van der Waals surface area contributed by atoms with Crippen LogP contribution in [0.1, 0.15) is 13.8 Å². The molecule has 0 aromatic carbocycles. The second-order valence-corrected chi connectivity index (χ2v) is 1.60. The maximum atomic E-state index is 3.15. The number of likely N-dealkylation sites (N-methyl/N-ethyl adjacent to an activating group) is 1. The molecule has 0 amide bonds. The van der Waals surface area contributed by atoms with E-state index >= 15 is 0 Å². The molecule has 0 aromatic rings. The lowest BCUT2D eigenvalue weighted by Gasteiger charge is -1.89. The molecule has 0 saturated heterocycles. The van der Waals surface area contributed by atoms with Crippen LogP contribution in [0, 0.1) is 11.8 Å². The molecule has 0 atom stereocenters. The number of hydrogen-bond donors (Lipinski definition) is 1. The molecule has 0 aliphatic heterocycles. The Kier molecular flexibility index (Phi) is 6.66. The molecule has 0 aromatic heterocycles. The average molecular weight is 123 g/mol. The molecule has 0 saturated carbocycles. The van der Waals surface area contributed by atoms with Crippen molar-refractivity contribution >= 4 is 0 Å². The van der Waals surface area contributed by atoms with Crippen LogP contribution >= 0.6 is 0 Å². The normalized spacial score (nSPS) is 9.11. The molecule has 0 bridgehead atoms. The van der Waals surface area contributed by atoms with E-state index in [2.05, 4.69) is 24.1 Å². The minimum atomic E-state index is 0.922. The van der Waals surface area contributed by atoms with Gasteiger partial charge in [-0.3, -0.25) is 0 Å². The first-order valence-electron chi connectivity index (χ1n) is 3.19. The maximum Gasteiger partial charge on any atom is 0.0144 e. The van der Waals surface area contributed by atoms with Gasteiger partial charge in [-0.2, -0.15) is 0 Å². The monoisotopic (exact) mass is 123 g/mol. The Bertz CT molecular complexity index is 125. The van der Waals surface area contributed by atoms with Crippen molar-refractivity contribution in [1.29, 1.82) is 0 Å². The van der Waals surface area contributed by atoms with Crippen LogP contribution in [0.15, 0.2) is 12.2 Å². The van der Waals surface area contributed by atoms with Gasteiger partial charge in [-0.1, -0.05) is 18.9 Å². The molecule has 0 unspecified atom stereocenters.